The molecule has 0 aromatic heterocycles. The molecule has 0 amide bonds. The highest BCUT2D eigenvalue weighted by molar-refractivity contribution is 5.50. The highest BCUT2D eigenvalue weighted by Crippen LogP contribution is 2.38. The Morgan fingerprint density at radius 1 is 1.14 bits per heavy atom. The number of fused-ring (bicyclic) bond motifs is 1. The van der Waals surface area contributed by atoms with Gasteiger partial charge in [0.25, 0.3) is 0 Å². The number of hydrogen-bond donors (Lipinski definition) is 1. The van der Waals surface area contributed by atoms with Gasteiger partial charge in [0.05, 0.1) is 0 Å². The number of hydrogen-bond acceptors (Lipinski definition) is 2. The van der Waals surface area contributed by atoms with Crippen molar-refractivity contribution in [3.63, 3.8) is 0 Å². The molecule has 3 rings (SSSR count). The summed E-state index contributed by atoms with van der Waals surface area (Å²) < 4.78 is 14.0. The van der Waals surface area contributed by atoms with Gasteiger partial charge in [-0.2, -0.15) is 0 Å². The fraction of sp³-hybridized carbons (Fsp3) is 0.667. The van der Waals surface area contributed by atoms with Gasteiger partial charge in [0.1, 0.15) is 5.82 Å². The van der Waals surface area contributed by atoms with E-state index in [-0.39, 0.29) is 5.82 Å². The Morgan fingerprint density at radius 3 is 2.81 bits per heavy atom. The van der Waals surface area contributed by atoms with Gasteiger partial charge >= 0.3 is 0 Å². The zero-order valence-corrected chi connectivity index (χ0v) is 13.1. The Balaban J connectivity index is 1.82. The van der Waals surface area contributed by atoms with Crippen molar-refractivity contribution in [1.29, 1.82) is 0 Å². The first-order valence-electron chi connectivity index (χ1n) is 8.54. The Kier molecular flexibility index (Phi) is 4.79. The number of nitrogens with zero attached hydrogens (tertiary/aromatic N) is 1. The van der Waals surface area contributed by atoms with Crippen LogP contribution in [-0.4, -0.2) is 19.1 Å². The zero-order chi connectivity index (χ0) is 14.7. The fourth-order valence-corrected chi connectivity index (χ4v) is 4.12. The molecule has 2 atom stereocenters. The van der Waals surface area contributed by atoms with Crippen LogP contribution in [0.3, 0.4) is 0 Å². The molecule has 2 aliphatic rings. The Bertz CT molecular complexity index is 472. The molecule has 1 heterocycles. The van der Waals surface area contributed by atoms with Crippen LogP contribution < -0.4 is 10.2 Å². The average molecular weight is 290 g/mol. The molecule has 2 nitrogen and oxygen atoms in total. The number of benzene rings is 1. The summed E-state index contributed by atoms with van der Waals surface area (Å²) in [6.45, 7) is 4.84. The van der Waals surface area contributed by atoms with Gasteiger partial charge in [-0.1, -0.05) is 19.8 Å². The van der Waals surface area contributed by atoms with Crippen molar-refractivity contribution in [2.45, 2.75) is 58.0 Å². The third kappa shape index (κ3) is 3.39. The van der Waals surface area contributed by atoms with Crippen molar-refractivity contribution in [3.8, 4) is 0 Å². The molecule has 1 aliphatic heterocycles. The lowest BCUT2D eigenvalue weighted by Gasteiger charge is -2.45. The molecule has 1 N–H and O–H groups in total. The summed E-state index contributed by atoms with van der Waals surface area (Å²) in [5, 5.41) is 3.29. The normalized spacial score (nSPS) is 25.7. The van der Waals surface area contributed by atoms with E-state index in [0.29, 0.717) is 6.04 Å². The molecule has 3 heteroatoms. The monoisotopic (exact) mass is 290 g/mol. The van der Waals surface area contributed by atoms with Gasteiger partial charge in [-0.3, -0.25) is 0 Å². The van der Waals surface area contributed by atoms with Gasteiger partial charge in [-0.25, -0.2) is 4.39 Å². The lowest BCUT2D eigenvalue weighted by atomic mass is 9.78. The summed E-state index contributed by atoms with van der Waals surface area (Å²) in [6, 6.07) is 6.21. The number of halogens is 1. The molecule has 2 fully saturated rings. The maximum Gasteiger partial charge on any atom is 0.125 e. The van der Waals surface area contributed by atoms with Gasteiger partial charge in [-0.15, -0.1) is 0 Å². The first-order valence-corrected chi connectivity index (χ1v) is 8.54. The van der Waals surface area contributed by atoms with Crippen molar-refractivity contribution < 1.29 is 4.39 Å². The van der Waals surface area contributed by atoms with Crippen molar-refractivity contribution in [3.05, 3.63) is 29.6 Å². The fourth-order valence-electron chi connectivity index (χ4n) is 4.12. The maximum absolute atomic E-state index is 14.0. The van der Waals surface area contributed by atoms with E-state index in [4.69, 9.17) is 0 Å². The van der Waals surface area contributed by atoms with E-state index in [2.05, 4.69) is 23.2 Å². The minimum Gasteiger partial charge on any atom is -0.368 e. The first kappa shape index (κ1) is 14.8. The van der Waals surface area contributed by atoms with E-state index < -0.39 is 0 Å². The number of rotatable bonds is 4. The summed E-state index contributed by atoms with van der Waals surface area (Å²) in [7, 11) is 0. The van der Waals surface area contributed by atoms with Gasteiger partial charge < -0.3 is 10.2 Å². The standard InChI is InChI=1S/C18H27FN2/c1-2-20-13-14-10-16(19)12-17(11-14)21-9-5-7-15-6-3-4-8-18(15)21/h10-12,15,18,20H,2-9,13H2,1H3/t15-,18-/m1/s1. The third-order valence-corrected chi connectivity index (χ3v) is 5.10. The predicted octanol–water partition coefficient (Wildman–Crippen LogP) is 4.09. The molecule has 1 saturated heterocycles. The zero-order valence-electron chi connectivity index (χ0n) is 13.1. The molecule has 1 saturated carbocycles. The smallest absolute Gasteiger partial charge is 0.125 e. The molecule has 1 aliphatic carbocycles. The largest absolute Gasteiger partial charge is 0.368 e. The summed E-state index contributed by atoms with van der Waals surface area (Å²) >= 11 is 0. The van der Waals surface area contributed by atoms with Crippen LogP contribution in [0, 0.1) is 11.7 Å². The molecular formula is C18H27FN2. The van der Waals surface area contributed by atoms with Crippen LogP contribution in [0.1, 0.15) is 51.0 Å². The average Bonchev–Trinajstić information content (AvgIpc) is 2.52. The predicted molar refractivity (Wildman–Crippen MR) is 86.1 cm³/mol. The Hall–Kier alpha value is -1.09. The molecular weight excluding hydrogens is 263 g/mol. The van der Waals surface area contributed by atoms with Crippen LogP contribution in [0.15, 0.2) is 18.2 Å². The lowest BCUT2D eigenvalue weighted by Crippen LogP contribution is -2.47. The van der Waals surface area contributed by atoms with Crippen LogP contribution in [0.2, 0.25) is 0 Å². The molecule has 116 valence electrons. The second kappa shape index (κ2) is 6.78. The third-order valence-electron chi connectivity index (χ3n) is 5.10. The first-order chi connectivity index (χ1) is 10.3. The van der Waals surface area contributed by atoms with Crippen LogP contribution in [-0.2, 0) is 6.54 Å². The Morgan fingerprint density at radius 2 is 1.95 bits per heavy atom. The number of piperidine rings is 1. The maximum atomic E-state index is 14.0. The summed E-state index contributed by atoms with van der Waals surface area (Å²) in [4.78, 5) is 2.49. The quantitative estimate of drug-likeness (QED) is 0.898. The van der Waals surface area contributed by atoms with E-state index in [9.17, 15) is 4.39 Å². The molecule has 0 radical (unpaired) electrons. The highest BCUT2D eigenvalue weighted by Gasteiger charge is 2.33. The Labute approximate surface area is 127 Å². The summed E-state index contributed by atoms with van der Waals surface area (Å²) in [5.41, 5.74) is 2.16. The minimum absolute atomic E-state index is 0.0988. The van der Waals surface area contributed by atoms with Gasteiger partial charge in [0.15, 0.2) is 0 Å². The van der Waals surface area contributed by atoms with Crippen LogP contribution >= 0.6 is 0 Å². The van der Waals surface area contributed by atoms with Crippen LogP contribution in [0.4, 0.5) is 10.1 Å². The topological polar surface area (TPSA) is 15.3 Å². The van der Waals surface area contributed by atoms with Gasteiger partial charge in [-0.05, 0) is 61.9 Å². The summed E-state index contributed by atoms with van der Waals surface area (Å²) in [5.74, 6) is 0.728. The van der Waals surface area contributed by atoms with E-state index in [1.54, 1.807) is 12.1 Å². The summed E-state index contributed by atoms with van der Waals surface area (Å²) in [6.07, 6.45) is 7.96. The van der Waals surface area contributed by atoms with E-state index in [0.717, 1.165) is 36.8 Å². The number of nitrogens with one attached hydrogen (secondary N) is 1. The highest BCUT2D eigenvalue weighted by atomic mass is 19.1. The van der Waals surface area contributed by atoms with Gasteiger partial charge in [0, 0.05) is 24.8 Å². The molecule has 0 bridgehead atoms. The molecule has 0 unspecified atom stereocenters. The second-order valence-corrected chi connectivity index (χ2v) is 6.55. The molecule has 21 heavy (non-hydrogen) atoms. The van der Waals surface area contributed by atoms with Crippen molar-refractivity contribution in [2.24, 2.45) is 5.92 Å². The van der Waals surface area contributed by atoms with Crippen LogP contribution in [0.25, 0.3) is 0 Å². The molecule has 1 aromatic rings. The van der Waals surface area contributed by atoms with Crippen molar-refractivity contribution >= 4 is 5.69 Å². The van der Waals surface area contributed by atoms with Crippen molar-refractivity contribution in [2.75, 3.05) is 18.0 Å². The molecule has 1 aromatic carbocycles. The van der Waals surface area contributed by atoms with E-state index in [1.165, 1.54) is 38.5 Å². The van der Waals surface area contributed by atoms with E-state index in [1.807, 2.05) is 0 Å². The molecule has 0 spiro atoms. The van der Waals surface area contributed by atoms with Gasteiger partial charge in [0.2, 0.25) is 0 Å². The minimum atomic E-state index is -0.0988. The van der Waals surface area contributed by atoms with Crippen molar-refractivity contribution in [1.82, 2.24) is 5.32 Å². The lowest BCUT2D eigenvalue weighted by molar-refractivity contribution is 0.243. The van der Waals surface area contributed by atoms with Crippen LogP contribution in [0.5, 0.6) is 0 Å². The van der Waals surface area contributed by atoms with E-state index >= 15 is 0 Å². The SMILES string of the molecule is CCNCc1cc(F)cc(N2CCC[C@H]3CCCC[C@H]32)c1. The second-order valence-electron chi connectivity index (χ2n) is 6.55. The number of anilines is 1.